The number of nitrogens with one attached hydrogen (secondary N) is 1. The Kier molecular flexibility index (Phi) is 9.40. The number of aryl methyl sites for hydroxylation is 1. The summed E-state index contributed by atoms with van der Waals surface area (Å²) in [7, 11) is 0. The lowest BCUT2D eigenvalue weighted by atomic mass is 9.90. The Morgan fingerprint density at radius 1 is 0.950 bits per heavy atom. The molecule has 1 aromatic rings. The summed E-state index contributed by atoms with van der Waals surface area (Å²) in [5, 5.41) is 3.61. The third kappa shape index (κ3) is 6.56. The van der Waals surface area contributed by atoms with Crippen LogP contribution in [0.15, 0.2) is 24.3 Å². The monoisotopic (exact) mass is 275 g/mol. The van der Waals surface area contributed by atoms with Crippen LogP contribution in [0.4, 0.5) is 0 Å². The van der Waals surface area contributed by atoms with Crippen molar-refractivity contribution in [2.24, 2.45) is 0 Å². The zero-order valence-electron chi connectivity index (χ0n) is 13.8. The van der Waals surface area contributed by atoms with E-state index in [4.69, 9.17) is 0 Å². The van der Waals surface area contributed by atoms with Crippen LogP contribution in [0.5, 0.6) is 0 Å². The number of hydrogen-bond acceptors (Lipinski definition) is 1. The highest BCUT2D eigenvalue weighted by Crippen LogP contribution is 2.25. The molecule has 0 saturated heterocycles. The van der Waals surface area contributed by atoms with Crippen LogP contribution in [0, 0.1) is 6.92 Å². The van der Waals surface area contributed by atoms with E-state index in [9.17, 15) is 0 Å². The molecule has 1 nitrogen and oxygen atoms in total. The quantitative estimate of drug-likeness (QED) is 0.530. The summed E-state index contributed by atoms with van der Waals surface area (Å²) in [6, 6.07) is 8.90. The lowest BCUT2D eigenvalue weighted by Gasteiger charge is -2.20. The van der Waals surface area contributed by atoms with Gasteiger partial charge in [0.15, 0.2) is 0 Å². The van der Waals surface area contributed by atoms with Crippen molar-refractivity contribution in [2.75, 3.05) is 13.1 Å². The van der Waals surface area contributed by atoms with Gasteiger partial charge in [0.25, 0.3) is 0 Å². The molecule has 1 rings (SSSR count). The van der Waals surface area contributed by atoms with Crippen molar-refractivity contribution in [3.05, 3.63) is 35.4 Å². The molecular weight excluding hydrogens is 242 g/mol. The molecule has 1 heteroatoms. The van der Waals surface area contributed by atoms with E-state index < -0.39 is 0 Å². The van der Waals surface area contributed by atoms with E-state index in [0.717, 1.165) is 13.1 Å². The predicted molar refractivity (Wildman–Crippen MR) is 90.5 cm³/mol. The van der Waals surface area contributed by atoms with Gasteiger partial charge in [0.05, 0.1) is 0 Å². The average molecular weight is 275 g/mol. The first kappa shape index (κ1) is 17.2. The topological polar surface area (TPSA) is 12.0 Å². The molecule has 0 aliphatic heterocycles. The summed E-state index contributed by atoms with van der Waals surface area (Å²) in [4.78, 5) is 0. The third-order valence-corrected chi connectivity index (χ3v) is 4.10. The molecular formula is C19H33N. The van der Waals surface area contributed by atoms with E-state index >= 15 is 0 Å². The first-order valence-electron chi connectivity index (χ1n) is 8.55. The second-order valence-electron chi connectivity index (χ2n) is 5.96. The molecule has 0 amide bonds. The second-order valence-corrected chi connectivity index (χ2v) is 5.96. The predicted octanol–water partition coefficient (Wildman–Crippen LogP) is 5.44. The van der Waals surface area contributed by atoms with Crippen LogP contribution in [-0.2, 0) is 0 Å². The van der Waals surface area contributed by atoms with Crippen molar-refractivity contribution >= 4 is 0 Å². The van der Waals surface area contributed by atoms with Gasteiger partial charge in [-0.2, -0.15) is 0 Å². The minimum absolute atomic E-state index is 0.685. The molecule has 0 radical (unpaired) electrons. The molecule has 0 bridgehead atoms. The Morgan fingerprint density at radius 3 is 2.40 bits per heavy atom. The minimum Gasteiger partial charge on any atom is -0.316 e. The van der Waals surface area contributed by atoms with E-state index in [1.165, 1.54) is 50.5 Å². The van der Waals surface area contributed by atoms with Crippen LogP contribution in [0.25, 0.3) is 0 Å². The normalized spacial score (nSPS) is 12.6. The molecule has 1 unspecified atom stereocenters. The molecule has 0 fully saturated rings. The van der Waals surface area contributed by atoms with Crippen molar-refractivity contribution in [2.45, 2.75) is 71.6 Å². The summed E-state index contributed by atoms with van der Waals surface area (Å²) >= 11 is 0. The van der Waals surface area contributed by atoms with E-state index in [1.54, 1.807) is 5.56 Å². The zero-order valence-corrected chi connectivity index (χ0v) is 13.8. The van der Waals surface area contributed by atoms with Gasteiger partial charge >= 0.3 is 0 Å². The maximum absolute atomic E-state index is 3.61. The van der Waals surface area contributed by atoms with Gasteiger partial charge in [0.2, 0.25) is 0 Å². The van der Waals surface area contributed by atoms with E-state index in [2.05, 4.69) is 50.4 Å². The highest BCUT2D eigenvalue weighted by atomic mass is 14.8. The summed E-state index contributed by atoms with van der Waals surface area (Å²) in [5.41, 5.74) is 3.00. The molecule has 1 atom stereocenters. The molecule has 0 aliphatic rings. The number of hydrogen-bond donors (Lipinski definition) is 1. The minimum atomic E-state index is 0.685. The largest absolute Gasteiger partial charge is 0.316 e. The SMILES string of the molecule is CCCCCCCC(CNCCC)c1ccccc1C. The van der Waals surface area contributed by atoms with Crippen LogP contribution in [-0.4, -0.2) is 13.1 Å². The molecule has 0 aromatic heterocycles. The summed E-state index contributed by atoms with van der Waals surface area (Å²) in [5.74, 6) is 0.685. The summed E-state index contributed by atoms with van der Waals surface area (Å²) < 4.78 is 0. The highest BCUT2D eigenvalue weighted by molar-refractivity contribution is 5.29. The van der Waals surface area contributed by atoms with Crippen LogP contribution < -0.4 is 5.32 Å². The molecule has 1 aromatic carbocycles. The van der Waals surface area contributed by atoms with Crippen LogP contribution in [0.1, 0.15) is 75.8 Å². The van der Waals surface area contributed by atoms with Gasteiger partial charge in [-0.25, -0.2) is 0 Å². The Morgan fingerprint density at radius 2 is 1.70 bits per heavy atom. The van der Waals surface area contributed by atoms with Crippen molar-refractivity contribution in [3.63, 3.8) is 0 Å². The molecule has 0 spiro atoms. The fraction of sp³-hybridized carbons (Fsp3) is 0.684. The second kappa shape index (κ2) is 10.9. The van der Waals surface area contributed by atoms with Crippen molar-refractivity contribution < 1.29 is 0 Å². The number of benzene rings is 1. The highest BCUT2D eigenvalue weighted by Gasteiger charge is 2.12. The lowest BCUT2D eigenvalue weighted by molar-refractivity contribution is 0.508. The van der Waals surface area contributed by atoms with Crippen LogP contribution in [0.2, 0.25) is 0 Å². The van der Waals surface area contributed by atoms with Gasteiger partial charge in [0, 0.05) is 6.54 Å². The summed E-state index contributed by atoms with van der Waals surface area (Å²) in [6.45, 7) is 9.04. The first-order valence-corrected chi connectivity index (χ1v) is 8.55. The summed E-state index contributed by atoms with van der Waals surface area (Å²) in [6.07, 6.45) is 9.43. The first-order chi connectivity index (χ1) is 9.79. The maximum Gasteiger partial charge on any atom is 0.00202 e. The molecule has 0 heterocycles. The maximum atomic E-state index is 3.61. The van der Waals surface area contributed by atoms with Crippen molar-refractivity contribution in [1.29, 1.82) is 0 Å². The van der Waals surface area contributed by atoms with Gasteiger partial charge in [0.1, 0.15) is 0 Å². The van der Waals surface area contributed by atoms with Gasteiger partial charge < -0.3 is 5.32 Å². The molecule has 20 heavy (non-hydrogen) atoms. The van der Waals surface area contributed by atoms with Gasteiger partial charge in [-0.05, 0) is 43.4 Å². The third-order valence-electron chi connectivity index (χ3n) is 4.10. The smallest absolute Gasteiger partial charge is 0.00202 e. The number of unbranched alkanes of at least 4 members (excludes halogenated alkanes) is 4. The molecule has 0 aliphatic carbocycles. The molecule has 114 valence electrons. The Labute approximate surface area is 126 Å². The molecule has 0 saturated carbocycles. The van der Waals surface area contributed by atoms with Gasteiger partial charge in [-0.15, -0.1) is 0 Å². The fourth-order valence-corrected chi connectivity index (χ4v) is 2.86. The average Bonchev–Trinajstić information content (AvgIpc) is 2.46. The van der Waals surface area contributed by atoms with E-state index in [0.29, 0.717) is 5.92 Å². The fourth-order valence-electron chi connectivity index (χ4n) is 2.86. The van der Waals surface area contributed by atoms with Crippen molar-refractivity contribution in [3.8, 4) is 0 Å². The standard InChI is InChI=1S/C19H33N/c1-4-6-7-8-9-13-18(16-20-15-5-2)19-14-11-10-12-17(19)3/h10-12,14,18,20H,4-9,13,15-16H2,1-3H3. The van der Waals surface area contributed by atoms with Crippen molar-refractivity contribution in [1.82, 2.24) is 5.32 Å². The molecule has 1 N–H and O–H groups in total. The van der Waals surface area contributed by atoms with E-state index in [1.807, 2.05) is 0 Å². The lowest BCUT2D eigenvalue weighted by Crippen LogP contribution is -2.23. The van der Waals surface area contributed by atoms with Gasteiger partial charge in [-0.1, -0.05) is 70.2 Å². The van der Waals surface area contributed by atoms with Crippen LogP contribution in [0.3, 0.4) is 0 Å². The van der Waals surface area contributed by atoms with E-state index in [-0.39, 0.29) is 0 Å². The zero-order chi connectivity index (χ0) is 14.6. The number of rotatable bonds is 11. The Bertz CT molecular complexity index is 345. The van der Waals surface area contributed by atoms with Crippen LogP contribution >= 0.6 is 0 Å². The Hall–Kier alpha value is -0.820. The Balaban J connectivity index is 2.49. The van der Waals surface area contributed by atoms with Gasteiger partial charge in [-0.3, -0.25) is 0 Å².